The first-order chi connectivity index (χ1) is 15.3. The molecule has 0 saturated carbocycles. The van der Waals surface area contributed by atoms with Gasteiger partial charge in [-0.15, -0.1) is 11.3 Å². The second kappa shape index (κ2) is 8.53. The molecule has 156 valence electrons. The number of allylic oxidation sites excluding steroid dienone is 1. The Morgan fingerprint density at radius 3 is 2.81 bits per heavy atom. The van der Waals surface area contributed by atoms with Crippen LogP contribution in [0.1, 0.15) is 6.92 Å². The van der Waals surface area contributed by atoms with E-state index >= 15 is 0 Å². The van der Waals surface area contributed by atoms with Gasteiger partial charge in [0.1, 0.15) is 23.7 Å². The first-order valence-electron chi connectivity index (χ1n) is 9.86. The highest BCUT2D eigenvalue weighted by Crippen LogP contribution is 2.36. The number of anilines is 3. The highest BCUT2D eigenvalue weighted by molar-refractivity contribution is 7.17. The quantitative estimate of drug-likeness (QED) is 0.390. The first kappa shape index (κ1) is 19.2. The molecule has 0 amide bonds. The SMILES string of the molecule is CC=CNc1cccc(Oc2nc(Nc3ccc4c(c3)OCCO4)nc3ccsc23)c1. The van der Waals surface area contributed by atoms with Crippen molar-refractivity contribution in [2.24, 2.45) is 0 Å². The summed E-state index contributed by atoms with van der Waals surface area (Å²) in [5.41, 5.74) is 2.56. The van der Waals surface area contributed by atoms with E-state index in [9.17, 15) is 0 Å². The van der Waals surface area contributed by atoms with E-state index in [4.69, 9.17) is 14.2 Å². The molecule has 0 saturated heterocycles. The van der Waals surface area contributed by atoms with Crippen molar-refractivity contribution < 1.29 is 14.2 Å². The van der Waals surface area contributed by atoms with E-state index in [0.717, 1.165) is 27.3 Å². The Balaban J connectivity index is 1.44. The molecule has 0 unspecified atom stereocenters. The fourth-order valence-electron chi connectivity index (χ4n) is 3.15. The maximum atomic E-state index is 6.15. The average Bonchev–Trinajstić information content (AvgIpc) is 3.27. The smallest absolute Gasteiger partial charge is 0.242 e. The van der Waals surface area contributed by atoms with Crippen LogP contribution in [0.4, 0.5) is 17.3 Å². The molecular weight excluding hydrogens is 412 g/mol. The van der Waals surface area contributed by atoms with Gasteiger partial charge in [0.2, 0.25) is 11.8 Å². The van der Waals surface area contributed by atoms with Gasteiger partial charge in [-0.25, -0.2) is 4.98 Å². The lowest BCUT2D eigenvalue weighted by Crippen LogP contribution is -2.15. The minimum atomic E-state index is 0.445. The van der Waals surface area contributed by atoms with Gasteiger partial charge in [-0.1, -0.05) is 12.1 Å². The van der Waals surface area contributed by atoms with Gasteiger partial charge in [-0.2, -0.15) is 4.98 Å². The topological polar surface area (TPSA) is 77.5 Å². The number of nitrogens with one attached hydrogen (secondary N) is 2. The fourth-order valence-corrected chi connectivity index (χ4v) is 3.91. The van der Waals surface area contributed by atoms with Crippen LogP contribution in [-0.4, -0.2) is 23.2 Å². The molecular formula is C23H20N4O3S. The minimum Gasteiger partial charge on any atom is -0.486 e. The maximum absolute atomic E-state index is 6.15. The first-order valence-corrected chi connectivity index (χ1v) is 10.7. The molecule has 31 heavy (non-hydrogen) atoms. The Hall–Kier alpha value is -3.78. The molecule has 5 rings (SSSR count). The summed E-state index contributed by atoms with van der Waals surface area (Å²) >= 11 is 1.54. The molecule has 3 heterocycles. The fraction of sp³-hybridized carbons (Fsp3) is 0.130. The molecule has 2 aromatic carbocycles. The predicted molar refractivity (Wildman–Crippen MR) is 123 cm³/mol. The van der Waals surface area contributed by atoms with Gasteiger partial charge < -0.3 is 24.8 Å². The Labute approximate surface area is 183 Å². The normalized spacial score (nSPS) is 12.8. The van der Waals surface area contributed by atoms with Gasteiger partial charge in [0.15, 0.2) is 11.5 Å². The van der Waals surface area contributed by atoms with Crippen LogP contribution in [0.3, 0.4) is 0 Å². The van der Waals surface area contributed by atoms with Crippen LogP contribution in [-0.2, 0) is 0 Å². The number of rotatable bonds is 6. The lowest BCUT2D eigenvalue weighted by Gasteiger charge is -2.19. The van der Waals surface area contributed by atoms with E-state index in [1.165, 1.54) is 0 Å². The van der Waals surface area contributed by atoms with Crippen LogP contribution < -0.4 is 24.8 Å². The van der Waals surface area contributed by atoms with Crippen LogP contribution >= 0.6 is 11.3 Å². The third-order valence-corrected chi connectivity index (χ3v) is 5.43. The largest absolute Gasteiger partial charge is 0.486 e. The van der Waals surface area contributed by atoms with Crippen LogP contribution in [0.2, 0.25) is 0 Å². The third kappa shape index (κ3) is 4.24. The molecule has 2 aromatic heterocycles. The molecule has 0 bridgehead atoms. The van der Waals surface area contributed by atoms with E-state index in [1.807, 2.05) is 73.1 Å². The molecule has 4 aromatic rings. The molecule has 0 atom stereocenters. The summed E-state index contributed by atoms with van der Waals surface area (Å²) in [6, 6.07) is 15.4. The zero-order valence-electron chi connectivity index (χ0n) is 16.8. The van der Waals surface area contributed by atoms with E-state index in [-0.39, 0.29) is 0 Å². The molecule has 8 heteroatoms. The third-order valence-electron chi connectivity index (χ3n) is 4.54. The number of nitrogens with zero attached hydrogens (tertiary/aromatic N) is 2. The van der Waals surface area contributed by atoms with E-state index < -0.39 is 0 Å². The monoisotopic (exact) mass is 432 g/mol. The van der Waals surface area contributed by atoms with Crippen molar-refractivity contribution in [3.8, 4) is 23.1 Å². The summed E-state index contributed by atoms with van der Waals surface area (Å²) in [5, 5.41) is 8.42. The molecule has 7 nitrogen and oxygen atoms in total. The Bertz CT molecular complexity index is 1250. The van der Waals surface area contributed by atoms with Crippen molar-refractivity contribution in [2.45, 2.75) is 6.92 Å². The molecule has 0 spiro atoms. The molecule has 2 N–H and O–H groups in total. The summed E-state index contributed by atoms with van der Waals surface area (Å²) in [5.74, 6) is 3.08. The van der Waals surface area contributed by atoms with E-state index in [0.29, 0.717) is 36.5 Å². The standard InChI is InChI=1S/C23H20N4O3S/c1-2-9-24-15-4-3-5-17(13-15)30-22-21-18(8-12-31-21)26-23(27-22)25-16-6-7-19-20(14-16)29-11-10-28-19/h2-9,12-14,24H,10-11H2,1H3,(H,25,26,27). The van der Waals surface area contributed by atoms with Gasteiger partial charge in [0, 0.05) is 23.5 Å². The second-order valence-corrected chi connectivity index (χ2v) is 7.66. The maximum Gasteiger partial charge on any atom is 0.242 e. The summed E-state index contributed by atoms with van der Waals surface area (Å²) in [7, 11) is 0. The van der Waals surface area contributed by atoms with Gasteiger partial charge in [0.25, 0.3) is 0 Å². The lowest BCUT2D eigenvalue weighted by molar-refractivity contribution is 0.171. The van der Waals surface area contributed by atoms with Crippen molar-refractivity contribution in [1.82, 2.24) is 9.97 Å². The Morgan fingerprint density at radius 2 is 1.90 bits per heavy atom. The van der Waals surface area contributed by atoms with Gasteiger partial charge in [-0.05, 0) is 48.8 Å². The Morgan fingerprint density at radius 1 is 1.00 bits per heavy atom. The number of aromatic nitrogens is 2. The van der Waals surface area contributed by atoms with E-state index in [1.54, 1.807) is 11.3 Å². The predicted octanol–water partition coefficient (Wildman–Crippen LogP) is 5.94. The van der Waals surface area contributed by atoms with Crippen molar-refractivity contribution in [3.63, 3.8) is 0 Å². The van der Waals surface area contributed by atoms with Crippen molar-refractivity contribution >= 4 is 38.9 Å². The zero-order valence-corrected chi connectivity index (χ0v) is 17.6. The average molecular weight is 433 g/mol. The van der Waals surface area contributed by atoms with Crippen molar-refractivity contribution in [2.75, 3.05) is 23.8 Å². The lowest BCUT2D eigenvalue weighted by atomic mass is 10.2. The summed E-state index contributed by atoms with van der Waals surface area (Å²) < 4.78 is 18.3. The van der Waals surface area contributed by atoms with E-state index in [2.05, 4.69) is 20.6 Å². The number of thiophene rings is 1. The number of benzene rings is 2. The molecule has 0 fully saturated rings. The minimum absolute atomic E-state index is 0.445. The second-order valence-electron chi connectivity index (χ2n) is 6.75. The van der Waals surface area contributed by atoms with Crippen molar-refractivity contribution in [1.29, 1.82) is 0 Å². The van der Waals surface area contributed by atoms with Gasteiger partial charge in [-0.3, -0.25) is 0 Å². The molecule has 0 radical (unpaired) electrons. The van der Waals surface area contributed by atoms with Crippen LogP contribution in [0, 0.1) is 0 Å². The van der Waals surface area contributed by atoms with Crippen LogP contribution in [0.5, 0.6) is 23.1 Å². The molecule has 1 aliphatic rings. The zero-order chi connectivity index (χ0) is 21.0. The summed E-state index contributed by atoms with van der Waals surface area (Å²) in [4.78, 5) is 9.24. The van der Waals surface area contributed by atoms with Crippen molar-refractivity contribution in [3.05, 3.63) is 66.2 Å². The summed E-state index contributed by atoms with van der Waals surface area (Å²) in [6.07, 6.45) is 3.81. The highest BCUT2D eigenvalue weighted by Gasteiger charge is 2.15. The number of hydrogen-bond acceptors (Lipinski definition) is 8. The molecule has 0 aliphatic carbocycles. The van der Waals surface area contributed by atoms with Gasteiger partial charge >= 0.3 is 0 Å². The molecule has 1 aliphatic heterocycles. The van der Waals surface area contributed by atoms with Crippen LogP contribution in [0.15, 0.2) is 66.2 Å². The summed E-state index contributed by atoms with van der Waals surface area (Å²) in [6.45, 7) is 3.05. The van der Waals surface area contributed by atoms with Crippen LogP contribution in [0.25, 0.3) is 10.2 Å². The number of fused-ring (bicyclic) bond motifs is 2. The highest BCUT2D eigenvalue weighted by atomic mass is 32.1. The number of ether oxygens (including phenoxy) is 3. The van der Waals surface area contributed by atoms with Gasteiger partial charge in [0.05, 0.1) is 5.52 Å². The Kier molecular flexibility index (Phi) is 5.28. The number of hydrogen-bond donors (Lipinski definition) is 2.